The molecule has 0 bridgehead atoms. The molecule has 28 heavy (non-hydrogen) atoms. The van der Waals surface area contributed by atoms with Gasteiger partial charge in [0.15, 0.2) is 0 Å². The van der Waals surface area contributed by atoms with E-state index in [9.17, 15) is 14.4 Å². The van der Waals surface area contributed by atoms with Crippen LogP contribution in [-0.2, 0) is 14.4 Å². The van der Waals surface area contributed by atoms with Gasteiger partial charge in [0, 0.05) is 38.6 Å². The number of piperidine rings is 1. The molecule has 2 aliphatic heterocycles. The summed E-state index contributed by atoms with van der Waals surface area (Å²) < 4.78 is 0. The topological polar surface area (TPSA) is 81.8 Å². The van der Waals surface area contributed by atoms with Crippen molar-refractivity contribution in [3.05, 3.63) is 0 Å². The molecule has 3 fully saturated rings. The average Bonchev–Trinajstić information content (AvgIpc) is 2.68. The van der Waals surface area contributed by atoms with Crippen LogP contribution < -0.4 is 10.6 Å². The molecule has 0 spiro atoms. The first-order valence-electron chi connectivity index (χ1n) is 10.6. The first-order chi connectivity index (χ1) is 13.0. The molecule has 1 aliphatic carbocycles. The van der Waals surface area contributed by atoms with Crippen molar-refractivity contribution in [2.75, 3.05) is 32.7 Å². The Balaban J connectivity index is 0.00000280. The summed E-state index contributed by atoms with van der Waals surface area (Å²) in [5.74, 6) is 0.557. The third-order valence-corrected chi connectivity index (χ3v) is 6.22. The minimum Gasteiger partial charge on any atom is -0.345 e. The van der Waals surface area contributed by atoms with Gasteiger partial charge in [-0.25, -0.2) is 0 Å². The van der Waals surface area contributed by atoms with E-state index >= 15 is 0 Å². The Kier molecular flexibility index (Phi) is 9.02. The summed E-state index contributed by atoms with van der Waals surface area (Å²) in [5.41, 5.74) is 0. The van der Waals surface area contributed by atoms with Crippen LogP contribution in [0, 0.1) is 5.92 Å². The van der Waals surface area contributed by atoms with Gasteiger partial charge in [-0.05, 0) is 38.5 Å². The Labute approximate surface area is 174 Å². The molecular weight excluding hydrogens is 380 g/mol. The quantitative estimate of drug-likeness (QED) is 0.710. The van der Waals surface area contributed by atoms with Gasteiger partial charge in [0.1, 0.15) is 6.04 Å². The van der Waals surface area contributed by atoms with Crippen molar-refractivity contribution in [2.24, 2.45) is 5.92 Å². The predicted octanol–water partition coefficient (Wildman–Crippen LogP) is 1.31. The van der Waals surface area contributed by atoms with Gasteiger partial charge in [-0.2, -0.15) is 0 Å². The minimum absolute atomic E-state index is 0. The van der Waals surface area contributed by atoms with Gasteiger partial charge in [0.05, 0.1) is 6.54 Å². The van der Waals surface area contributed by atoms with E-state index in [0.29, 0.717) is 38.5 Å². The zero-order valence-corrected chi connectivity index (χ0v) is 17.8. The molecule has 2 N–H and O–H groups in total. The number of piperazine rings is 1. The summed E-state index contributed by atoms with van der Waals surface area (Å²) in [6.07, 6.45) is 8.34. The molecule has 2 atom stereocenters. The maximum atomic E-state index is 12.8. The molecule has 0 radical (unpaired) electrons. The van der Waals surface area contributed by atoms with Crippen molar-refractivity contribution in [1.29, 1.82) is 0 Å². The largest absolute Gasteiger partial charge is 0.345 e. The fraction of sp³-hybridized carbons (Fsp3) is 0.850. The molecule has 2 unspecified atom stereocenters. The van der Waals surface area contributed by atoms with Gasteiger partial charge in [0.2, 0.25) is 17.7 Å². The number of rotatable bonds is 5. The van der Waals surface area contributed by atoms with Gasteiger partial charge in [0.25, 0.3) is 0 Å². The van der Waals surface area contributed by atoms with Crippen molar-refractivity contribution in [1.82, 2.24) is 20.4 Å². The zero-order valence-electron chi connectivity index (χ0n) is 17.0. The van der Waals surface area contributed by atoms with Crippen LogP contribution in [0.2, 0.25) is 0 Å². The van der Waals surface area contributed by atoms with Crippen LogP contribution in [0.5, 0.6) is 0 Å². The van der Waals surface area contributed by atoms with Crippen LogP contribution in [0.1, 0.15) is 58.3 Å². The molecule has 7 nitrogen and oxygen atoms in total. The van der Waals surface area contributed by atoms with Crippen molar-refractivity contribution < 1.29 is 14.4 Å². The Morgan fingerprint density at radius 1 is 1.14 bits per heavy atom. The lowest BCUT2D eigenvalue weighted by Crippen LogP contribution is -2.59. The smallest absolute Gasteiger partial charge is 0.244 e. The number of hydrogen-bond donors (Lipinski definition) is 2. The Hall–Kier alpha value is -1.34. The lowest BCUT2D eigenvalue weighted by molar-refractivity contribution is -0.142. The van der Waals surface area contributed by atoms with Gasteiger partial charge in [-0.15, -0.1) is 12.4 Å². The number of nitrogens with one attached hydrogen (secondary N) is 2. The summed E-state index contributed by atoms with van der Waals surface area (Å²) in [4.78, 5) is 41.0. The van der Waals surface area contributed by atoms with Crippen molar-refractivity contribution in [3.8, 4) is 0 Å². The maximum Gasteiger partial charge on any atom is 0.244 e. The summed E-state index contributed by atoms with van der Waals surface area (Å²) in [5, 5.41) is 6.00. The number of carbonyl (C=O) groups excluding carboxylic acids is 3. The molecule has 0 aromatic carbocycles. The highest BCUT2D eigenvalue weighted by Gasteiger charge is 2.33. The van der Waals surface area contributed by atoms with Gasteiger partial charge in [-0.1, -0.05) is 19.3 Å². The van der Waals surface area contributed by atoms with E-state index in [1.165, 1.54) is 19.3 Å². The molecule has 3 rings (SSSR count). The molecular formula is C20H35ClN4O3. The van der Waals surface area contributed by atoms with Crippen LogP contribution in [0.15, 0.2) is 0 Å². The number of hydrogen-bond acceptors (Lipinski definition) is 4. The third kappa shape index (κ3) is 6.08. The Morgan fingerprint density at radius 3 is 2.61 bits per heavy atom. The monoisotopic (exact) mass is 414 g/mol. The molecule has 0 aromatic heterocycles. The van der Waals surface area contributed by atoms with E-state index in [0.717, 1.165) is 32.2 Å². The summed E-state index contributed by atoms with van der Waals surface area (Å²) >= 11 is 0. The molecule has 8 heteroatoms. The fourth-order valence-corrected chi connectivity index (χ4v) is 4.71. The van der Waals surface area contributed by atoms with Crippen LogP contribution in [0.3, 0.4) is 0 Å². The second-order valence-electron chi connectivity index (χ2n) is 8.34. The summed E-state index contributed by atoms with van der Waals surface area (Å²) in [6, 6.07) is -0.402. The number of likely N-dealkylation sites (tertiary alicyclic amines) is 1. The van der Waals surface area contributed by atoms with Crippen LogP contribution in [0.25, 0.3) is 0 Å². The van der Waals surface area contributed by atoms with Crippen molar-refractivity contribution in [2.45, 2.75) is 70.4 Å². The predicted molar refractivity (Wildman–Crippen MR) is 110 cm³/mol. The van der Waals surface area contributed by atoms with E-state index in [-0.39, 0.29) is 36.2 Å². The second kappa shape index (κ2) is 11.0. The fourth-order valence-electron chi connectivity index (χ4n) is 4.71. The molecule has 3 amide bonds. The SMILES string of the molecule is CC(NC(=O)CC1CCCCC1)C(=O)N1CCCC(N2CCNCC2=O)C1.Cl. The second-order valence-corrected chi connectivity index (χ2v) is 8.34. The first kappa shape index (κ1) is 22.9. The van der Waals surface area contributed by atoms with Gasteiger partial charge >= 0.3 is 0 Å². The lowest BCUT2D eigenvalue weighted by atomic mass is 9.87. The highest BCUT2D eigenvalue weighted by molar-refractivity contribution is 5.87. The van der Waals surface area contributed by atoms with Crippen LogP contribution in [0.4, 0.5) is 0 Å². The Bertz CT molecular complexity index is 554. The minimum atomic E-state index is -0.501. The number of nitrogens with zero attached hydrogens (tertiary/aromatic N) is 2. The molecule has 2 saturated heterocycles. The zero-order chi connectivity index (χ0) is 19.2. The first-order valence-corrected chi connectivity index (χ1v) is 10.6. The third-order valence-electron chi connectivity index (χ3n) is 6.22. The van der Waals surface area contributed by atoms with Crippen molar-refractivity contribution in [3.63, 3.8) is 0 Å². The maximum absolute atomic E-state index is 12.8. The summed E-state index contributed by atoms with van der Waals surface area (Å²) in [6.45, 7) is 4.97. The van der Waals surface area contributed by atoms with Crippen LogP contribution >= 0.6 is 12.4 Å². The van der Waals surface area contributed by atoms with E-state index in [2.05, 4.69) is 10.6 Å². The molecule has 2 heterocycles. The molecule has 160 valence electrons. The average molecular weight is 415 g/mol. The molecule has 0 aromatic rings. The number of amides is 3. The standard InChI is InChI=1S/C20H34N4O3.ClH/c1-15(22-18(25)12-16-6-3-2-4-7-16)20(27)23-10-5-8-17(14-23)24-11-9-21-13-19(24)26;/h15-17,21H,2-14H2,1H3,(H,22,25);1H. The van der Waals surface area contributed by atoms with E-state index < -0.39 is 6.04 Å². The Morgan fingerprint density at radius 2 is 1.89 bits per heavy atom. The van der Waals surface area contributed by atoms with E-state index in [1.807, 2.05) is 9.80 Å². The normalized spacial score (nSPS) is 25.0. The lowest BCUT2D eigenvalue weighted by Gasteiger charge is -2.41. The molecule has 3 aliphatic rings. The number of halogens is 1. The number of carbonyl (C=O) groups is 3. The van der Waals surface area contributed by atoms with Gasteiger partial charge in [-0.3, -0.25) is 14.4 Å². The van der Waals surface area contributed by atoms with E-state index in [4.69, 9.17) is 0 Å². The molecule has 1 saturated carbocycles. The van der Waals surface area contributed by atoms with E-state index in [1.54, 1.807) is 6.92 Å². The highest BCUT2D eigenvalue weighted by Crippen LogP contribution is 2.26. The van der Waals surface area contributed by atoms with Crippen molar-refractivity contribution >= 4 is 30.1 Å². The summed E-state index contributed by atoms with van der Waals surface area (Å²) in [7, 11) is 0. The highest BCUT2D eigenvalue weighted by atomic mass is 35.5. The van der Waals surface area contributed by atoms with Crippen LogP contribution in [-0.4, -0.2) is 72.3 Å². The van der Waals surface area contributed by atoms with Gasteiger partial charge < -0.3 is 20.4 Å².